The third-order valence-electron chi connectivity index (χ3n) is 1.47. The highest BCUT2D eigenvalue weighted by molar-refractivity contribution is 5.52. The van der Waals surface area contributed by atoms with E-state index in [-0.39, 0.29) is 5.56 Å². The first-order valence-corrected chi connectivity index (χ1v) is 3.30. The Kier molecular flexibility index (Phi) is 2.49. The van der Waals surface area contributed by atoms with Crippen LogP contribution in [0.4, 0.5) is 18.9 Å². The summed E-state index contributed by atoms with van der Waals surface area (Å²) in [4.78, 5) is 12.5. The van der Waals surface area contributed by atoms with Gasteiger partial charge in [0.2, 0.25) is 6.08 Å². The summed E-state index contributed by atoms with van der Waals surface area (Å²) >= 11 is 0. The molecule has 0 aliphatic heterocycles. The Morgan fingerprint density at radius 2 is 1.92 bits per heavy atom. The lowest BCUT2D eigenvalue weighted by atomic mass is 10.2. The highest BCUT2D eigenvalue weighted by Crippen LogP contribution is 2.26. The lowest BCUT2D eigenvalue weighted by Crippen LogP contribution is -1.92. The number of hydrogen-bond donors (Lipinski definition) is 0. The van der Waals surface area contributed by atoms with Crippen LogP contribution in [-0.4, -0.2) is 6.08 Å². The Labute approximate surface area is 71.7 Å². The molecule has 2 nitrogen and oxygen atoms in total. The minimum atomic E-state index is -1.48. The van der Waals surface area contributed by atoms with E-state index in [1.807, 2.05) is 0 Å². The summed E-state index contributed by atoms with van der Waals surface area (Å²) in [5.41, 5.74) is -1.06. The number of carbonyl (C=O) groups excluding carboxylic acids is 1. The second-order valence-electron chi connectivity index (χ2n) is 2.35. The van der Waals surface area contributed by atoms with Gasteiger partial charge >= 0.3 is 0 Å². The first kappa shape index (κ1) is 9.48. The minimum absolute atomic E-state index is 0.118. The number of aryl methyl sites for hydroxylation is 1. The fourth-order valence-corrected chi connectivity index (χ4v) is 0.857. The Balaban J connectivity index is 3.55. The summed E-state index contributed by atoms with van der Waals surface area (Å²) in [6.07, 6.45) is 0.948. The average Bonchev–Trinajstić information content (AvgIpc) is 2.09. The molecular formula is C8H4F3NO. The molecule has 5 heteroatoms. The van der Waals surface area contributed by atoms with Gasteiger partial charge in [0.05, 0.1) is 0 Å². The van der Waals surface area contributed by atoms with Crippen LogP contribution in [0, 0.1) is 24.4 Å². The molecular weight excluding hydrogens is 183 g/mol. The number of nitrogens with zero attached hydrogens (tertiary/aromatic N) is 1. The van der Waals surface area contributed by atoms with E-state index in [9.17, 15) is 18.0 Å². The molecule has 1 aromatic rings. The Hall–Kier alpha value is -1.61. The zero-order valence-electron chi connectivity index (χ0n) is 6.57. The van der Waals surface area contributed by atoms with Gasteiger partial charge in [0.15, 0.2) is 23.1 Å². The number of aliphatic imine (C=N–C) groups is 1. The average molecular weight is 187 g/mol. The molecule has 0 heterocycles. The van der Waals surface area contributed by atoms with Gasteiger partial charge in [0.25, 0.3) is 0 Å². The Morgan fingerprint density at radius 1 is 1.31 bits per heavy atom. The van der Waals surface area contributed by atoms with Crippen molar-refractivity contribution in [1.82, 2.24) is 0 Å². The minimum Gasteiger partial charge on any atom is -0.211 e. The number of benzene rings is 1. The zero-order chi connectivity index (χ0) is 10.0. The van der Waals surface area contributed by atoms with Crippen molar-refractivity contribution >= 4 is 11.8 Å². The van der Waals surface area contributed by atoms with Gasteiger partial charge < -0.3 is 0 Å². The molecule has 0 N–H and O–H groups in total. The van der Waals surface area contributed by atoms with E-state index in [0.29, 0.717) is 6.07 Å². The van der Waals surface area contributed by atoms with Gasteiger partial charge in [-0.1, -0.05) is 0 Å². The van der Waals surface area contributed by atoms with Crippen LogP contribution in [0.3, 0.4) is 0 Å². The van der Waals surface area contributed by atoms with E-state index < -0.39 is 23.1 Å². The zero-order valence-corrected chi connectivity index (χ0v) is 6.57. The van der Waals surface area contributed by atoms with E-state index in [4.69, 9.17) is 0 Å². The Bertz CT molecular complexity index is 371. The van der Waals surface area contributed by atoms with Gasteiger partial charge in [-0.15, -0.1) is 0 Å². The lowest BCUT2D eigenvalue weighted by molar-refractivity contribution is 0.494. The highest BCUT2D eigenvalue weighted by Gasteiger charge is 2.15. The summed E-state index contributed by atoms with van der Waals surface area (Å²) in [5, 5.41) is 0. The topological polar surface area (TPSA) is 29.4 Å². The van der Waals surface area contributed by atoms with Crippen molar-refractivity contribution in [2.45, 2.75) is 6.92 Å². The van der Waals surface area contributed by atoms with Crippen LogP contribution in [0.5, 0.6) is 0 Å². The summed E-state index contributed by atoms with van der Waals surface area (Å²) in [5.74, 6) is -3.78. The molecule has 0 unspecified atom stereocenters. The fraction of sp³-hybridized carbons (Fsp3) is 0.125. The predicted octanol–water partition coefficient (Wildman–Crippen LogP) is 2.38. The molecule has 0 aromatic heterocycles. The standard InChI is InChI=1S/C8H4F3NO/c1-4-2-5(9)7(11)8(6(4)10)12-3-13/h2H,1H3. The smallest absolute Gasteiger partial charge is 0.211 e. The van der Waals surface area contributed by atoms with Crippen LogP contribution in [0.2, 0.25) is 0 Å². The van der Waals surface area contributed by atoms with Crippen molar-refractivity contribution in [3.05, 3.63) is 29.1 Å². The second kappa shape index (κ2) is 3.41. The lowest BCUT2D eigenvalue weighted by Gasteiger charge is -2.01. The molecule has 0 aliphatic carbocycles. The number of hydrogen-bond acceptors (Lipinski definition) is 2. The molecule has 1 aromatic carbocycles. The van der Waals surface area contributed by atoms with Crippen LogP contribution < -0.4 is 0 Å². The number of rotatable bonds is 1. The van der Waals surface area contributed by atoms with E-state index >= 15 is 0 Å². The van der Waals surface area contributed by atoms with Crippen molar-refractivity contribution in [2.24, 2.45) is 4.99 Å². The summed E-state index contributed by atoms with van der Waals surface area (Å²) in [7, 11) is 0. The molecule has 0 saturated carbocycles. The molecule has 0 spiro atoms. The number of halogens is 3. The molecule has 13 heavy (non-hydrogen) atoms. The highest BCUT2D eigenvalue weighted by atomic mass is 19.2. The van der Waals surface area contributed by atoms with Crippen LogP contribution in [0.15, 0.2) is 11.1 Å². The molecule has 0 atom stereocenters. The quantitative estimate of drug-likeness (QED) is 0.377. The number of isocyanates is 1. The maximum absolute atomic E-state index is 13.0. The van der Waals surface area contributed by atoms with Crippen LogP contribution in [-0.2, 0) is 4.79 Å². The molecule has 0 radical (unpaired) electrons. The summed E-state index contributed by atoms with van der Waals surface area (Å²) < 4.78 is 38.3. The SMILES string of the molecule is Cc1cc(F)c(F)c(N=C=O)c1F. The first-order valence-electron chi connectivity index (χ1n) is 3.30. The van der Waals surface area contributed by atoms with E-state index in [0.717, 1.165) is 6.08 Å². The van der Waals surface area contributed by atoms with Crippen molar-refractivity contribution in [3.8, 4) is 0 Å². The van der Waals surface area contributed by atoms with E-state index in [2.05, 4.69) is 4.99 Å². The van der Waals surface area contributed by atoms with Gasteiger partial charge in [-0.3, -0.25) is 0 Å². The second-order valence-corrected chi connectivity index (χ2v) is 2.35. The molecule has 1 rings (SSSR count). The maximum atomic E-state index is 13.0. The monoisotopic (exact) mass is 187 g/mol. The van der Waals surface area contributed by atoms with Gasteiger partial charge in [0.1, 0.15) is 0 Å². The molecule has 0 saturated heterocycles. The molecule has 0 aliphatic rings. The van der Waals surface area contributed by atoms with Crippen molar-refractivity contribution in [3.63, 3.8) is 0 Å². The third-order valence-corrected chi connectivity index (χ3v) is 1.47. The largest absolute Gasteiger partial charge is 0.240 e. The molecule has 0 fully saturated rings. The van der Waals surface area contributed by atoms with Crippen molar-refractivity contribution in [1.29, 1.82) is 0 Å². The third kappa shape index (κ3) is 1.60. The predicted molar refractivity (Wildman–Crippen MR) is 38.8 cm³/mol. The molecule has 0 bridgehead atoms. The molecule has 0 amide bonds. The van der Waals surface area contributed by atoms with Crippen molar-refractivity contribution < 1.29 is 18.0 Å². The van der Waals surface area contributed by atoms with E-state index in [1.165, 1.54) is 6.92 Å². The van der Waals surface area contributed by atoms with E-state index in [1.54, 1.807) is 0 Å². The summed E-state index contributed by atoms with van der Waals surface area (Å²) in [6, 6.07) is 0.689. The van der Waals surface area contributed by atoms with Crippen LogP contribution in [0.1, 0.15) is 5.56 Å². The van der Waals surface area contributed by atoms with Crippen LogP contribution in [0.25, 0.3) is 0 Å². The maximum Gasteiger partial charge on any atom is 0.240 e. The summed E-state index contributed by atoms with van der Waals surface area (Å²) in [6.45, 7) is 1.24. The van der Waals surface area contributed by atoms with Gasteiger partial charge in [-0.05, 0) is 18.6 Å². The van der Waals surface area contributed by atoms with Gasteiger partial charge in [-0.25, -0.2) is 18.0 Å². The normalized spacial score (nSPS) is 9.54. The van der Waals surface area contributed by atoms with Gasteiger partial charge in [-0.2, -0.15) is 4.99 Å². The van der Waals surface area contributed by atoms with Crippen molar-refractivity contribution in [2.75, 3.05) is 0 Å². The molecule has 68 valence electrons. The first-order chi connectivity index (χ1) is 6.07. The Morgan fingerprint density at radius 3 is 2.46 bits per heavy atom. The van der Waals surface area contributed by atoms with Crippen LogP contribution >= 0.6 is 0 Å². The fourth-order valence-electron chi connectivity index (χ4n) is 0.857. The van der Waals surface area contributed by atoms with Gasteiger partial charge in [0, 0.05) is 0 Å².